The summed E-state index contributed by atoms with van der Waals surface area (Å²) in [6, 6.07) is 5.52. The van der Waals surface area contributed by atoms with Crippen molar-refractivity contribution >= 4 is 46.5 Å². The number of benzene rings is 1. The summed E-state index contributed by atoms with van der Waals surface area (Å²) in [4.78, 5) is 8.94. The Hall–Kier alpha value is -1.63. The Bertz CT molecular complexity index is 906. The lowest BCUT2D eigenvalue weighted by molar-refractivity contribution is 0.00578. The molecule has 0 unspecified atom stereocenters. The second-order valence-electron chi connectivity index (χ2n) is 6.74. The normalized spacial score (nSPS) is 19.8. The van der Waals surface area contributed by atoms with Crippen molar-refractivity contribution in [3.8, 4) is 0 Å². The first-order chi connectivity index (χ1) is 10.8. The molecule has 0 amide bonds. The first-order valence-electron chi connectivity index (χ1n) is 7.48. The number of aromatic nitrogens is 2. The van der Waals surface area contributed by atoms with Gasteiger partial charge in [0.15, 0.2) is 11.3 Å². The van der Waals surface area contributed by atoms with Crippen LogP contribution < -0.4 is 5.72 Å². The highest BCUT2D eigenvalue weighted by atomic mass is 35.5. The third kappa shape index (κ3) is 2.16. The molecule has 0 radical (unpaired) electrons. The zero-order valence-corrected chi connectivity index (χ0v) is 14.1. The van der Waals surface area contributed by atoms with Gasteiger partial charge in [0.05, 0.1) is 27.8 Å². The van der Waals surface area contributed by atoms with E-state index in [1.165, 1.54) is 0 Å². The summed E-state index contributed by atoms with van der Waals surface area (Å²) in [6.45, 7) is 7.98. The van der Waals surface area contributed by atoms with Crippen molar-refractivity contribution in [1.29, 1.82) is 0 Å². The monoisotopic (exact) mass is 330 g/mol. The van der Waals surface area contributed by atoms with Crippen LogP contribution in [-0.2, 0) is 9.31 Å². The van der Waals surface area contributed by atoms with Gasteiger partial charge in [0.2, 0.25) is 0 Å². The quantitative estimate of drug-likeness (QED) is 0.641. The standard InChI is InChI=1S/C16H16BClN2O3/c1-15(2)16(3,4)23-17(22-15)14-19-8-11-13(20-14)12-9(18)6-5-7-10(12)21-11/h5-8H,1-4H3. The van der Waals surface area contributed by atoms with Crippen LogP contribution in [0.25, 0.3) is 22.1 Å². The molecular formula is C16H16BClN2O3. The fourth-order valence-electron chi connectivity index (χ4n) is 2.64. The molecule has 118 valence electrons. The molecule has 5 nitrogen and oxygen atoms in total. The maximum atomic E-state index is 6.30. The molecule has 0 aliphatic carbocycles. The first-order valence-corrected chi connectivity index (χ1v) is 7.86. The van der Waals surface area contributed by atoms with Gasteiger partial charge in [-0.2, -0.15) is 0 Å². The van der Waals surface area contributed by atoms with Crippen molar-refractivity contribution in [2.75, 3.05) is 0 Å². The molecule has 1 aliphatic rings. The van der Waals surface area contributed by atoms with E-state index in [-0.39, 0.29) is 0 Å². The summed E-state index contributed by atoms with van der Waals surface area (Å²) < 4.78 is 17.8. The Balaban J connectivity index is 1.85. The minimum Gasteiger partial charge on any atom is -0.453 e. The summed E-state index contributed by atoms with van der Waals surface area (Å²) in [5.74, 6) is 0. The Labute approximate surface area is 139 Å². The van der Waals surface area contributed by atoms with E-state index >= 15 is 0 Å². The van der Waals surface area contributed by atoms with Crippen LogP contribution >= 0.6 is 11.6 Å². The Kier molecular flexibility index (Phi) is 3.05. The van der Waals surface area contributed by atoms with Crippen molar-refractivity contribution < 1.29 is 13.7 Å². The number of hydrogen-bond acceptors (Lipinski definition) is 5. The van der Waals surface area contributed by atoms with Gasteiger partial charge in [-0.25, -0.2) is 9.97 Å². The van der Waals surface area contributed by atoms with Crippen molar-refractivity contribution in [3.05, 3.63) is 29.4 Å². The predicted octanol–water partition coefficient (Wildman–Crippen LogP) is 3.33. The van der Waals surface area contributed by atoms with Crippen molar-refractivity contribution in [1.82, 2.24) is 9.97 Å². The lowest BCUT2D eigenvalue weighted by Gasteiger charge is -2.32. The van der Waals surface area contributed by atoms with E-state index in [0.717, 1.165) is 5.39 Å². The molecule has 0 saturated carbocycles. The third-order valence-electron chi connectivity index (χ3n) is 4.67. The molecule has 1 aromatic carbocycles. The SMILES string of the molecule is CC1(C)OB(c2ncc3oc4cccc(Cl)c4c3n2)OC1(C)C. The minimum absolute atomic E-state index is 0.438. The summed E-state index contributed by atoms with van der Waals surface area (Å²) in [5.41, 5.74) is 1.54. The Morgan fingerprint density at radius 3 is 2.43 bits per heavy atom. The van der Waals surface area contributed by atoms with E-state index in [0.29, 0.717) is 27.4 Å². The average Bonchev–Trinajstić information content (AvgIpc) is 2.93. The summed E-state index contributed by atoms with van der Waals surface area (Å²) in [6.07, 6.45) is 1.64. The summed E-state index contributed by atoms with van der Waals surface area (Å²) >= 11 is 6.30. The van der Waals surface area contributed by atoms with E-state index in [9.17, 15) is 0 Å². The maximum Gasteiger partial charge on any atom is 0.534 e. The van der Waals surface area contributed by atoms with Crippen LogP contribution in [0.15, 0.2) is 28.8 Å². The van der Waals surface area contributed by atoms with Gasteiger partial charge in [-0.05, 0) is 39.8 Å². The highest BCUT2D eigenvalue weighted by Gasteiger charge is 2.53. The molecule has 23 heavy (non-hydrogen) atoms. The van der Waals surface area contributed by atoms with E-state index in [4.69, 9.17) is 25.3 Å². The lowest BCUT2D eigenvalue weighted by Crippen LogP contribution is -2.41. The van der Waals surface area contributed by atoms with Gasteiger partial charge in [0, 0.05) is 0 Å². The highest BCUT2D eigenvalue weighted by molar-refractivity contribution is 6.60. The van der Waals surface area contributed by atoms with E-state index < -0.39 is 18.3 Å². The second kappa shape index (κ2) is 4.69. The zero-order chi connectivity index (χ0) is 16.4. The maximum absolute atomic E-state index is 6.30. The van der Waals surface area contributed by atoms with Crippen LogP contribution in [0.2, 0.25) is 5.02 Å². The van der Waals surface area contributed by atoms with Crippen LogP contribution in [0.1, 0.15) is 27.7 Å². The van der Waals surface area contributed by atoms with Gasteiger partial charge in [-0.3, -0.25) is 0 Å². The first kappa shape index (κ1) is 14.9. The van der Waals surface area contributed by atoms with Crippen molar-refractivity contribution in [2.24, 2.45) is 0 Å². The number of halogens is 1. The number of fused-ring (bicyclic) bond motifs is 3. The van der Waals surface area contributed by atoms with Crippen LogP contribution in [0, 0.1) is 0 Å². The largest absolute Gasteiger partial charge is 0.534 e. The van der Waals surface area contributed by atoms with E-state index in [2.05, 4.69) is 9.97 Å². The molecule has 7 heteroatoms. The molecule has 1 fully saturated rings. The fraction of sp³-hybridized carbons (Fsp3) is 0.375. The minimum atomic E-state index is -0.614. The van der Waals surface area contributed by atoms with Gasteiger partial charge in [0.25, 0.3) is 0 Å². The fourth-order valence-corrected chi connectivity index (χ4v) is 2.89. The van der Waals surface area contributed by atoms with Gasteiger partial charge >= 0.3 is 7.12 Å². The van der Waals surface area contributed by atoms with Crippen molar-refractivity contribution in [2.45, 2.75) is 38.9 Å². The molecule has 1 saturated heterocycles. The smallest absolute Gasteiger partial charge is 0.453 e. The van der Waals surface area contributed by atoms with E-state index in [1.807, 2.05) is 45.9 Å². The van der Waals surface area contributed by atoms with Gasteiger partial charge < -0.3 is 13.7 Å². The molecule has 0 bridgehead atoms. The molecule has 0 spiro atoms. The zero-order valence-electron chi connectivity index (χ0n) is 13.4. The lowest BCUT2D eigenvalue weighted by atomic mass is 9.89. The van der Waals surface area contributed by atoms with Crippen LogP contribution in [0.4, 0.5) is 0 Å². The second-order valence-corrected chi connectivity index (χ2v) is 7.15. The molecule has 3 aromatic rings. The number of rotatable bonds is 1. The highest BCUT2D eigenvalue weighted by Crippen LogP contribution is 2.37. The third-order valence-corrected chi connectivity index (χ3v) is 4.98. The Morgan fingerprint density at radius 2 is 1.74 bits per heavy atom. The van der Waals surface area contributed by atoms with Crippen LogP contribution in [0.5, 0.6) is 0 Å². The predicted molar refractivity (Wildman–Crippen MR) is 90.0 cm³/mol. The Morgan fingerprint density at radius 1 is 1.04 bits per heavy atom. The molecule has 4 rings (SSSR count). The van der Waals surface area contributed by atoms with E-state index in [1.54, 1.807) is 6.20 Å². The molecule has 1 aliphatic heterocycles. The molecular weight excluding hydrogens is 314 g/mol. The van der Waals surface area contributed by atoms with Gasteiger partial charge in [-0.15, -0.1) is 0 Å². The number of nitrogens with zero attached hydrogens (tertiary/aromatic N) is 2. The topological polar surface area (TPSA) is 57.4 Å². The number of hydrogen-bond donors (Lipinski definition) is 0. The molecule has 3 heterocycles. The van der Waals surface area contributed by atoms with Gasteiger partial charge in [0.1, 0.15) is 11.1 Å². The molecule has 0 N–H and O–H groups in total. The molecule has 2 aromatic heterocycles. The average molecular weight is 331 g/mol. The van der Waals surface area contributed by atoms with Gasteiger partial charge in [-0.1, -0.05) is 17.7 Å². The summed E-state index contributed by atoms with van der Waals surface area (Å²) in [7, 11) is -0.614. The van der Waals surface area contributed by atoms with Crippen LogP contribution in [-0.4, -0.2) is 28.3 Å². The summed E-state index contributed by atoms with van der Waals surface area (Å²) in [5, 5.41) is 1.38. The number of furan rings is 1. The van der Waals surface area contributed by atoms with Crippen LogP contribution in [0.3, 0.4) is 0 Å². The molecule has 0 atom stereocenters. The van der Waals surface area contributed by atoms with Crippen molar-refractivity contribution in [3.63, 3.8) is 0 Å².